The molecule has 0 saturated heterocycles. The summed E-state index contributed by atoms with van der Waals surface area (Å²) in [6.07, 6.45) is 1.17. The molecule has 24 heavy (non-hydrogen) atoms. The van der Waals surface area contributed by atoms with Gasteiger partial charge >= 0.3 is 0 Å². The number of hydrogen-bond acceptors (Lipinski definition) is 3. The predicted octanol–water partition coefficient (Wildman–Crippen LogP) is 2.50. The van der Waals surface area contributed by atoms with Gasteiger partial charge in [-0.2, -0.15) is 0 Å². The van der Waals surface area contributed by atoms with Crippen molar-refractivity contribution in [1.29, 1.82) is 0 Å². The number of hydrogen-bond donors (Lipinski definition) is 1. The molecule has 0 atom stereocenters. The van der Waals surface area contributed by atoms with Crippen LogP contribution in [0.2, 0.25) is 0 Å². The molecule has 2 rings (SSSR count). The Kier molecular flexibility index (Phi) is 5.62. The Balaban J connectivity index is 2.09. The van der Waals surface area contributed by atoms with Crippen molar-refractivity contribution in [2.24, 2.45) is 0 Å². The highest BCUT2D eigenvalue weighted by molar-refractivity contribution is 7.92. The van der Waals surface area contributed by atoms with Crippen LogP contribution < -0.4 is 9.62 Å². The molecule has 0 spiro atoms. The number of sulfonamides is 1. The van der Waals surface area contributed by atoms with Gasteiger partial charge < -0.3 is 5.32 Å². The van der Waals surface area contributed by atoms with Crippen molar-refractivity contribution in [2.45, 2.75) is 13.8 Å². The average molecular weight is 346 g/mol. The van der Waals surface area contributed by atoms with Crippen LogP contribution >= 0.6 is 0 Å². The van der Waals surface area contributed by atoms with Crippen molar-refractivity contribution in [3.63, 3.8) is 0 Å². The first-order valence-electron chi connectivity index (χ1n) is 7.67. The van der Waals surface area contributed by atoms with Gasteiger partial charge in [-0.1, -0.05) is 35.9 Å². The van der Waals surface area contributed by atoms with Gasteiger partial charge in [0.25, 0.3) is 5.91 Å². The molecule has 0 aliphatic heterocycles. The highest BCUT2D eigenvalue weighted by Gasteiger charge is 2.19. The molecule has 0 aliphatic rings. The Labute approximate surface area is 143 Å². The number of nitrogens with one attached hydrogen (secondary N) is 1. The Morgan fingerprint density at radius 3 is 2.33 bits per heavy atom. The Morgan fingerprint density at radius 2 is 1.75 bits per heavy atom. The van der Waals surface area contributed by atoms with Gasteiger partial charge in [0.1, 0.15) is 0 Å². The van der Waals surface area contributed by atoms with Crippen LogP contribution in [0.3, 0.4) is 0 Å². The minimum Gasteiger partial charge on any atom is -0.350 e. The monoisotopic (exact) mass is 346 g/mol. The van der Waals surface area contributed by atoms with E-state index >= 15 is 0 Å². The lowest BCUT2D eigenvalue weighted by Crippen LogP contribution is -2.38. The summed E-state index contributed by atoms with van der Waals surface area (Å²) in [4.78, 5) is 12.0. The van der Waals surface area contributed by atoms with Gasteiger partial charge in [0.15, 0.2) is 0 Å². The summed E-state index contributed by atoms with van der Waals surface area (Å²) < 4.78 is 25.6. The van der Waals surface area contributed by atoms with E-state index < -0.39 is 10.0 Å². The molecule has 5 nitrogen and oxygen atoms in total. The molecule has 0 saturated carbocycles. The zero-order valence-corrected chi connectivity index (χ0v) is 14.9. The summed E-state index contributed by atoms with van der Waals surface area (Å²) in [6.45, 7) is 4.25. The lowest BCUT2D eigenvalue weighted by atomic mass is 10.1. The standard InChI is InChI=1S/C18H22N2O3S/c1-14-9-10-17(15(2)13-14)20(24(3,22)23)12-11-19-18(21)16-7-5-4-6-8-16/h4-10,13H,11-12H2,1-3H3,(H,19,21). The topological polar surface area (TPSA) is 66.5 Å². The number of amides is 1. The van der Waals surface area contributed by atoms with Gasteiger partial charge in [0.05, 0.1) is 18.5 Å². The highest BCUT2D eigenvalue weighted by Crippen LogP contribution is 2.23. The Hall–Kier alpha value is -2.34. The SMILES string of the molecule is Cc1ccc(N(CCNC(=O)c2ccccc2)S(C)(=O)=O)c(C)c1. The van der Waals surface area contributed by atoms with Crippen LogP contribution in [0.5, 0.6) is 0 Å². The van der Waals surface area contributed by atoms with E-state index in [-0.39, 0.29) is 19.0 Å². The molecule has 1 amide bonds. The number of rotatable bonds is 6. The molecule has 0 heterocycles. The van der Waals surface area contributed by atoms with Crippen molar-refractivity contribution >= 4 is 21.6 Å². The first-order valence-corrected chi connectivity index (χ1v) is 9.52. The van der Waals surface area contributed by atoms with Crippen molar-refractivity contribution < 1.29 is 13.2 Å². The van der Waals surface area contributed by atoms with Crippen LogP contribution in [-0.4, -0.2) is 33.7 Å². The van der Waals surface area contributed by atoms with Crippen LogP contribution in [0.1, 0.15) is 21.5 Å². The molecule has 0 bridgehead atoms. The number of anilines is 1. The molecule has 0 fully saturated rings. The molecule has 128 valence electrons. The fourth-order valence-electron chi connectivity index (χ4n) is 2.51. The maximum Gasteiger partial charge on any atom is 0.251 e. The molecule has 2 aromatic rings. The van der Waals surface area contributed by atoms with E-state index in [9.17, 15) is 13.2 Å². The second-order valence-corrected chi connectivity index (χ2v) is 7.65. The molecule has 6 heteroatoms. The number of carbonyl (C=O) groups excluding carboxylic acids is 1. The van der Waals surface area contributed by atoms with E-state index in [1.54, 1.807) is 30.3 Å². The first kappa shape index (κ1) is 18.0. The largest absolute Gasteiger partial charge is 0.350 e. The molecule has 2 aromatic carbocycles. The number of nitrogens with zero attached hydrogens (tertiary/aromatic N) is 1. The normalized spacial score (nSPS) is 11.1. The lowest BCUT2D eigenvalue weighted by molar-refractivity contribution is 0.0955. The lowest BCUT2D eigenvalue weighted by Gasteiger charge is -2.24. The third-order valence-corrected chi connectivity index (χ3v) is 4.84. The predicted molar refractivity (Wildman–Crippen MR) is 96.9 cm³/mol. The van der Waals surface area contributed by atoms with Gasteiger partial charge in [0, 0.05) is 12.1 Å². The summed E-state index contributed by atoms with van der Waals surface area (Å²) in [6, 6.07) is 14.5. The van der Waals surface area contributed by atoms with Crippen molar-refractivity contribution in [3.8, 4) is 0 Å². The number of carbonyl (C=O) groups is 1. The van der Waals surface area contributed by atoms with E-state index in [4.69, 9.17) is 0 Å². The first-order chi connectivity index (χ1) is 11.3. The minimum absolute atomic E-state index is 0.182. The van der Waals surface area contributed by atoms with Crippen molar-refractivity contribution in [2.75, 3.05) is 23.7 Å². The Bertz CT molecular complexity index is 817. The van der Waals surface area contributed by atoms with Crippen LogP contribution in [-0.2, 0) is 10.0 Å². The van der Waals surface area contributed by atoms with Crippen LogP contribution in [0.25, 0.3) is 0 Å². The number of aryl methyl sites for hydroxylation is 2. The van der Waals surface area contributed by atoms with Crippen LogP contribution in [0.15, 0.2) is 48.5 Å². The minimum atomic E-state index is -3.43. The molecule has 1 N–H and O–H groups in total. The summed E-state index contributed by atoms with van der Waals surface area (Å²) in [5, 5.41) is 2.76. The van der Waals surface area contributed by atoms with Crippen LogP contribution in [0, 0.1) is 13.8 Å². The highest BCUT2D eigenvalue weighted by atomic mass is 32.2. The van der Waals surface area contributed by atoms with Gasteiger partial charge in [0.2, 0.25) is 10.0 Å². The van der Waals surface area contributed by atoms with E-state index in [2.05, 4.69) is 5.32 Å². The molecule has 0 aromatic heterocycles. The van der Waals surface area contributed by atoms with Gasteiger partial charge in [-0.3, -0.25) is 9.10 Å². The molecule has 0 aliphatic carbocycles. The summed E-state index contributed by atoms with van der Waals surface area (Å²) in [5.74, 6) is -0.218. The van der Waals surface area contributed by atoms with Gasteiger partial charge in [-0.25, -0.2) is 8.42 Å². The van der Waals surface area contributed by atoms with Crippen molar-refractivity contribution in [1.82, 2.24) is 5.32 Å². The Morgan fingerprint density at radius 1 is 1.08 bits per heavy atom. The maximum atomic E-state index is 12.1. The van der Waals surface area contributed by atoms with Gasteiger partial charge in [-0.15, -0.1) is 0 Å². The third kappa shape index (κ3) is 4.58. The molecule has 0 radical (unpaired) electrons. The average Bonchev–Trinajstić information content (AvgIpc) is 2.52. The summed E-state index contributed by atoms with van der Waals surface area (Å²) in [5.41, 5.74) is 3.14. The van der Waals surface area contributed by atoms with E-state index in [1.165, 1.54) is 10.6 Å². The zero-order valence-electron chi connectivity index (χ0n) is 14.1. The van der Waals surface area contributed by atoms with Gasteiger partial charge in [-0.05, 0) is 37.6 Å². The molecular formula is C18H22N2O3S. The second-order valence-electron chi connectivity index (χ2n) is 5.75. The third-order valence-electron chi connectivity index (χ3n) is 3.66. The molecule has 0 unspecified atom stereocenters. The summed E-state index contributed by atoms with van der Waals surface area (Å²) >= 11 is 0. The fraction of sp³-hybridized carbons (Fsp3) is 0.278. The smallest absolute Gasteiger partial charge is 0.251 e. The zero-order chi connectivity index (χ0) is 17.7. The van der Waals surface area contributed by atoms with Crippen molar-refractivity contribution in [3.05, 3.63) is 65.2 Å². The quantitative estimate of drug-likeness (QED) is 0.874. The number of benzene rings is 2. The summed E-state index contributed by atoms with van der Waals surface area (Å²) in [7, 11) is -3.43. The maximum absolute atomic E-state index is 12.1. The van der Waals surface area contributed by atoms with E-state index in [1.807, 2.05) is 32.0 Å². The van der Waals surface area contributed by atoms with E-state index in [0.29, 0.717) is 11.3 Å². The second kappa shape index (κ2) is 7.49. The fourth-order valence-corrected chi connectivity index (χ4v) is 3.50. The van der Waals surface area contributed by atoms with E-state index in [0.717, 1.165) is 11.1 Å². The van der Waals surface area contributed by atoms with Crippen LogP contribution in [0.4, 0.5) is 5.69 Å². The molecular weight excluding hydrogens is 324 g/mol.